The number of hydrogen-bond donors (Lipinski definition) is 2. The van der Waals surface area contributed by atoms with E-state index in [1.165, 1.54) is 36.4 Å². The van der Waals surface area contributed by atoms with Crippen molar-refractivity contribution in [3.63, 3.8) is 0 Å². The molecule has 0 atom stereocenters. The number of sulfonamides is 2. The van der Waals surface area contributed by atoms with Crippen molar-refractivity contribution in [2.75, 3.05) is 26.1 Å². The monoisotopic (exact) mass is 660 g/mol. The third-order valence-corrected chi connectivity index (χ3v) is 8.44. The number of benzene rings is 2. The van der Waals surface area contributed by atoms with Gasteiger partial charge in [-0.3, -0.25) is 0 Å². The van der Waals surface area contributed by atoms with Gasteiger partial charge in [0.05, 0.1) is 25.3 Å². The van der Waals surface area contributed by atoms with Crippen molar-refractivity contribution in [1.29, 1.82) is 0 Å². The molecule has 3 aromatic rings. The van der Waals surface area contributed by atoms with Crippen molar-refractivity contribution in [3.8, 4) is 0 Å². The van der Waals surface area contributed by atoms with Crippen LogP contribution in [0.25, 0.3) is 0 Å². The average Bonchev–Trinajstić information content (AvgIpc) is 2.95. The molecule has 0 fully saturated rings. The number of nitrogens with one attached hydrogen (secondary N) is 2. The number of aromatic nitrogens is 2. The fraction of sp³-hybridized carbons (Fsp3) is 0.269. The van der Waals surface area contributed by atoms with Gasteiger partial charge in [0.25, 0.3) is 5.95 Å². The van der Waals surface area contributed by atoms with Gasteiger partial charge < -0.3 is 14.3 Å². The summed E-state index contributed by atoms with van der Waals surface area (Å²) in [6.45, 7) is 4.82. The van der Waals surface area contributed by atoms with Crippen LogP contribution in [0.5, 0.6) is 0 Å². The van der Waals surface area contributed by atoms with Crippen LogP contribution < -0.4 is 10.0 Å². The molecular formula is C26H31KN5O9S2+. The van der Waals surface area contributed by atoms with Crippen LogP contribution in [0.1, 0.15) is 45.4 Å². The molecule has 1 heterocycles. The maximum absolute atomic E-state index is 14.1. The van der Waals surface area contributed by atoms with Gasteiger partial charge in [-0.05, 0) is 50.6 Å². The number of carbonyl (C=O) groups excluding carboxylic acids is 2. The van der Waals surface area contributed by atoms with E-state index in [4.69, 9.17) is 14.3 Å². The van der Waals surface area contributed by atoms with Crippen LogP contribution in [0, 0.1) is 13.8 Å². The third kappa shape index (κ3) is 8.81. The molecule has 17 heteroatoms. The molecule has 43 heavy (non-hydrogen) atoms. The second kappa shape index (κ2) is 15.7. The molecule has 0 spiro atoms. The molecule has 2 aromatic carbocycles. The number of carbonyl (C=O) groups is 2. The Morgan fingerprint density at radius 1 is 0.837 bits per heavy atom. The van der Waals surface area contributed by atoms with Crippen LogP contribution in [0.4, 0.5) is 5.95 Å². The minimum atomic E-state index is -4.85. The second-order valence-electron chi connectivity index (χ2n) is 8.59. The van der Waals surface area contributed by atoms with Crippen molar-refractivity contribution in [2.45, 2.75) is 37.0 Å². The van der Waals surface area contributed by atoms with Gasteiger partial charge in [0, 0.05) is 15.5 Å². The molecule has 0 amide bonds. The molecule has 14 nitrogen and oxygen atoms in total. The molecule has 0 unspecified atom stereocenters. The molecule has 2 N–H and O–H groups in total. The number of nitrogens with zero attached hydrogens (tertiary/aromatic N) is 3. The fourth-order valence-electron chi connectivity index (χ4n) is 3.65. The molecule has 0 aliphatic carbocycles. The third-order valence-electron chi connectivity index (χ3n) is 5.41. The van der Waals surface area contributed by atoms with Gasteiger partial charge in [0.1, 0.15) is 16.4 Å². The Kier molecular flexibility index (Phi) is 13.2. The van der Waals surface area contributed by atoms with Gasteiger partial charge in [-0.25, -0.2) is 24.9 Å². The van der Waals surface area contributed by atoms with Crippen LogP contribution in [0.2, 0.25) is 0 Å². The number of guanidine groups is 1. The van der Waals surface area contributed by atoms with Crippen molar-refractivity contribution in [1.82, 2.24) is 14.7 Å². The van der Waals surface area contributed by atoms with E-state index in [1.807, 2.05) is 0 Å². The normalized spacial score (nSPS) is 11.8. The summed E-state index contributed by atoms with van der Waals surface area (Å²) in [6, 6.07) is 12.0. The summed E-state index contributed by atoms with van der Waals surface area (Å²) < 4.78 is 67.4. The summed E-state index contributed by atoms with van der Waals surface area (Å²) >= 11 is 0. The van der Waals surface area contributed by atoms with Crippen LogP contribution in [0.3, 0.4) is 0 Å². The molecule has 0 bridgehead atoms. The zero-order chi connectivity index (χ0) is 31.1. The number of methoxy groups -OCH3 is 2. The van der Waals surface area contributed by atoms with E-state index in [9.17, 15) is 26.4 Å². The number of ether oxygens (including phenoxy) is 2. The van der Waals surface area contributed by atoms with Gasteiger partial charge in [-0.15, -0.1) is 0 Å². The first-order chi connectivity index (χ1) is 19.8. The Morgan fingerprint density at radius 3 is 1.84 bits per heavy atom. The average molecular weight is 661 g/mol. The first-order valence-corrected chi connectivity index (χ1v) is 15.3. The zero-order valence-electron chi connectivity index (χ0n) is 23.4. The van der Waals surface area contributed by atoms with Crippen LogP contribution in [-0.2, 0) is 34.4 Å². The van der Waals surface area contributed by atoms with Crippen molar-refractivity contribution >= 4 is 95.3 Å². The van der Waals surface area contributed by atoms with E-state index in [0.717, 1.165) is 26.4 Å². The van der Waals surface area contributed by atoms with E-state index >= 15 is 0 Å². The van der Waals surface area contributed by atoms with Gasteiger partial charge >= 0.3 is 89.3 Å². The summed E-state index contributed by atoms with van der Waals surface area (Å²) in [6.07, 6.45) is 0.315. The Labute approximate surface area is 292 Å². The molecule has 1 aromatic heterocycles. The van der Waals surface area contributed by atoms with Crippen molar-refractivity contribution < 1.29 is 44.9 Å². The first-order valence-electron chi connectivity index (χ1n) is 12.4. The van der Waals surface area contributed by atoms with E-state index in [2.05, 4.69) is 20.0 Å². The summed E-state index contributed by atoms with van der Waals surface area (Å²) in [5.41, 5.74) is 0.340. The summed E-state index contributed by atoms with van der Waals surface area (Å²) in [7, 11) is -7.39. The maximum atomic E-state index is 14.1. The van der Waals surface area contributed by atoms with E-state index in [-0.39, 0.29) is 79.2 Å². The Balaban J connectivity index is 0.00000645. The predicted molar refractivity (Wildman–Crippen MR) is 157 cm³/mol. The summed E-state index contributed by atoms with van der Waals surface area (Å²) in [4.78, 5) is 37.7. The molecule has 0 saturated carbocycles. The van der Waals surface area contributed by atoms with E-state index in [0.29, 0.717) is 17.8 Å². The second-order valence-corrected chi connectivity index (χ2v) is 12.0. The Hall–Kier alpha value is -2.93. The van der Waals surface area contributed by atoms with Gasteiger partial charge in [0.2, 0.25) is 0 Å². The fourth-order valence-corrected chi connectivity index (χ4v) is 6.30. The molecule has 226 valence electrons. The van der Waals surface area contributed by atoms with Crippen LogP contribution in [0.15, 0.2) is 64.4 Å². The first kappa shape index (κ1) is 36.3. The van der Waals surface area contributed by atoms with Crippen molar-refractivity contribution in [3.05, 3.63) is 77.1 Å². The molecule has 3 rings (SSSR count). The van der Waals surface area contributed by atoms with Crippen LogP contribution >= 0.6 is 0 Å². The Bertz CT molecular complexity index is 1730. The quantitative estimate of drug-likeness (QED) is 0.0800. The van der Waals surface area contributed by atoms with Crippen LogP contribution in [-0.4, -0.2) is 121 Å². The molecule has 0 radical (unpaired) electrons. The van der Waals surface area contributed by atoms with Gasteiger partial charge in [0.15, 0.2) is 0 Å². The topological polar surface area (TPSA) is 183 Å². The van der Waals surface area contributed by atoms with E-state index < -0.39 is 47.7 Å². The molecule has 0 saturated heterocycles. The minimum absolute atomic E-state index is 0. The molecule has 0 aliphatic rings. The SMILES string of the molecule is CCCO[N+](=C(Nc1nc(C)cc(C)n1)NS(=O)(=O)c1ccccc1C(=O)OC)S(=O)(=O)c1ccccc1C(=O)OC.[KH]. The summed E-state index contributed by atoms with van der Waals surface area (Å²) in [5, 5.41) is 2.59. The number of esters is 2. The predicted octanol–water partition coefficient (Wildman–Crippen LogP) is 1.51. The molecular weight excluding hydrogens is 630 g/mol. The molecule has 0 aliphatic heterocycles. The Morgan fingerprint density at radius 2 is 1.33 bits per heavy atom. The number of anilines is 1. The van der Waals surface area contributed by atoms with Gasteiger partial charge in [-0.1, -0.05) is 31.2 Å². The van der Waals surface area contributed by atoms with Crippen molar-refractivity contribution in [2.24, 2.45) is 0 Å². The van der Waals surface area contributed by atoms with Gasteiger partial charge in [-0.2, -0.15) is 21.6 Å². The number of aryl methyl sites for hydroxylation is 2. The number of rotatable bonds is 10. The number of hydrogen-bond acceptors (Lipinski definition) is 11. The zero-order valence-corrected chi connectivity index (χ0v) is 25.1. The standard InChI is InChI=1S/C26H29N5O9S2.K.H/c1-6-15-40-31(42(36,37)22-14-10-8-12-20(22)24(33)39-5)26(29-25-27-17(2)16-18(3)28-25)30-41(34,35)21-13-9-7-11-19(21)23(32)38-4;;/h7-14,16H,6,15H2,1-5H3,(H,27,28,29,30);;/p+1. The summed E-state index contributed by atoms with van der Waals surface area (Å²) in [5.74, 6) is -2.84. The van der Waals surface area contributed by atoms with E-state index in [1.54, 1.807) is 26.8 Å².